The van der Waals surface area contributed by atoms with Crippen LogP contribution in [0.25, 0.3) is 0 Å². The Morgan fingerprint density at radius 3 is 2.23 bits per heavy atom. The van der Waals surface area contributed by atoms with Crippen LogP contribution in [-0.2, 0) is 12.7 Å². The predicted molar refractivity (Wildman–Crippen MR) is 117 cm³/mol. The molecule has 0 radical (unpaired) electrons. The van der Waals surface area contributed by atoms with Crippen molar-refractivity contribution >= 4 is 33.5 Å². The Morgan fingerprint density at radius 2 is 1.70 bits per heavy atom. The molecule has 2 aromatic rings. The van der Waals surface area contributed by atoms with Gasteiger partial charge in [0.25, 0.3) is 0 Å². The minimum Gasteiger partial charge on any atom is -0.333 e. The van der Waals surface area contributed by atoms with Gasteiger partial charge < -0.3 is 10.2 Å². The first-order valence-corrected chi connectivity index (χ1v) is 11.2. The number of hydrogen-bond acceptors (Lipinski definition) is 4. The highest BCUT2D eigenvalue weighted by Crippen LogP contribution is 2.33. The van der Waals surface area contributed by atoms with Crippen molar-refractivity contribution in [1.82, 2.24) is 15.3 Å². The number of rotatable bonds is 6. The van der Waals surface area contributed by atoms with Crippen molar-refractivity contribution in [3.63, 3.8) is 0 Å². The number of benzene rings is 1. The highest BCUT2D eigenvalue weighted by Gasteiger charge is 2.34. The maximum absolute atomic E-state index is 13.3. The van der Waals surface area contributed by atoms with E-state index in [9.17, 15) is 13.2 Å². The molecule has 4 nitrogen and oxygen atoms in total. The van der Waals surface area contributed by atoms with Crippen molar-refractivity contribution in [3.05, 3.63) is 51.2 Å². The van der Waals surface area contributed by atoms with Gasteiger partial charge in [0.05, 0.1) is 10.0 Å². The van der Waals surface area contributed by atoms with Crippen LogP contribution in [0.4, 0.5) is 19.1 Å². The number of nitrogens with one attached hydrogen (secondary N) is 1. The van der Waals surface area contributed by atoms with Gasteiger partial charge in [0.1, 0.15) is 0 Å². The maximum Gasteiger partial charge on any atom is 0.416 e. The minimum atomic E-state index is -4.45. The van der Waals surface area contributed by atoms with Crippen LogP contribution in [-0.4, -0.2) is 28.1 Å². The standard InChI is InChI=1S/C21H25BrClF3N4/c1-3-17-8-19(9-18(4-2)29-17)30(20-27-10-15(22)11-28-20)12-13-5-14(21(24,25)26)7-16(23)6-13/h5-7,10-11,17-19,29H,3-4,8-9,12H2,1-2H3/t17-,18+,19+. The molecule has 3 rings (SSSR count). The molecule has 0 aliphatic carbocycles. The molecule has 0 saturated carbocycles. The van der Waals surface area contributed by atoms with E-state index in [1.165, 1.54) is 0 Å². The van der Waals surface area contributed by atoms with Gasteiger partial charge in [-0.2, -0.15) is 13.2 Å². The first-order chi connectivity index (χ1) is 14.2. The van der Waals surface area contributed by atoms with Crippen molar-refractivity contribution in [1.29, 1.82) is 0 Å². The molecule has 1 aromatic carbocycles. The second kappa shape index (κ2) is 9.83. The molecule has 1 saturated heterocycles. The van der Waals surface area contributed by atoms with Crippen LogP contribution in [0.15, 0.2) is 35.1 Å². The Morgan fingerprint density at radius 1 is 1.10 bits per heavy atom. The summed E-state index contributed by atoms with van der Waals surface area (Å²) >= 11 is 9.36. The molecule has 3 atom stereocenters. The molecule has 9 heteroatoms. The summed E-state index contributed by atoms with van der Waals surface area (Å²) in [5.41, 5.74) is -0.258. The van der Waals surface area contributed by atoms with E-state index in [-0.39, 0.29) is 17.6 Å². The van der Waals surface area contributed by atoms with Crippen LogP contribution in [0.5, 0.6) is 0 Å². The molecule has 2 heterocycles. The fraction of sp³-hybridized carbons (Fsp3) is 0.524. The van der Waals surface area contributed by atoms with Crippen LogP contribution in [0.2, 0.25) is 5.02 Å². The van der Waals surface area contributed by atoms with Crippen LogP contribution < -0.4 is 10.2 Å². The smallest absolute Gasteiger partial charge is 0.333 e. The van der Waals surface area contributed by atoms with Gasteiger partial charge in [-0.25, -0.2) is 9.97 Å². The predicted octanol–water partition coefficient (Wildman–Crippen LogP) is 6.23. The second-order valence-electron chi connectivity index (χ2n) is 7.68. The topological polar surface area (TPSA) is 41.1 Å². The van der Waals surface area contributed by atoms with Crippen LogP contribution in [0.3, 0.4) is 0 Å². The number of anilines is 1. The summed E-state index contributed by atoms with van der Waals surface area (Å²) in [7, 11) is 0. The monoisotopic (exact) mass is 504 g/mol. The minimum absolute atomic E-state index is 0.0691. The first-order valence-electron chi connectivity index (χ1n) is 10.1. The van der Waals surface area contributed by atoms with Crippen LogP contribution in [0.1, 0.15) is 50.7 Å². The van der Waals surface area contributed by atoms with Gasteiger partial charge in [-0.3, -0.25) is 0 Å². The number of aromatic nitrogens is 2. The van der Waals surface area contributed by atoms with Gasteiger partial charge in [-0.05, 0) is 65.4 Å². The molecule has 0 bridgehead atoms. The number of piperidine rings is 1. The van der Waals surface area contributed by atoms with E-state index in [2.05, 4.69) is 45.1 Å². The Labute approximate surface area is 188 Å². The Kier molecular flexibility index (Phi) is 7.63. The highest BCUT2D eigenvalue weighted by molar-refractivity contribution is 9.10. The van der Waals surface area contributed by atoms with Crippen molar-refractivity contribution in [2.45, 2.75) is 70.4 Å². The van der Waals surface area contributed by atoms with Crippen LogP contribution in [0, 0.1) is 0 Å². The average Bonchev–Trinajstić information content (AvgIpc) is 2.71. The molecule has 1 aliphatic rings. The molecule has 0 unspecified atom stereocenters. The van der Waals surface area contributed by atoms with Gasteiger partial charge in [-0.15, -0.1) is 0 Å². The molecule has 30 heavy (non-hydrogen) atoms. The van der Waals surface area contributed by atoms with E-state index < -0.39 is 11.7 Å². The van der Waals surface area contributed by atoms with E-state index in [1.807, 2.05) is 4.90 Å². The molecule has 1 fully saturated rings. The molecular weight excluding hydrogens is 481 g/mol. The third-order valence-corrected chi connectivity index (χ3v) is 6.14. The summed E-state index contributed by atoms with van der Waals surface area (Å²) in [6.45, 7) is 4.53. The number of nitrogens with zero attached hydrogens (tertiary/aromatic N) is 3. The summed E-state index contributed by atoms with van der Waals surface area (Å²) in [6, 6.07) is 4.49. The Balaban J connectivity index is 1.96. The first kappa shape index (κ1) is 23.3. The molecule has 0 spiro atoms. The maximum atomic E-state index is 13.3. The average molecular weight is 506 g/mol. The van der Waals surface area contributed by atoms with Gasteiger partial charge in [0.15, 0.2) is 0 Å². The zero-order valence-electron chi connectivity index (χ0n) is 16.9. The van der Waals surface area contributed by atoms with E-state index >= 15 is 0 Å². The summed E-state index contributed by atoms with van der Waals surface area (Å²) < 4.78 is 40.6. The lowest BCUT2D eigenvalue weighted by molar-refractivity contribution is -0.137. The lowest BCUT2D eigenvalue weighted by Gasteiger charge is -2.41. The van der Waals surface area contributed by atoms with Gasteiger partial charge in [0.2, 0.25) is 5.95 Å². The van der Waals surface area contributed by atoms with E-state index in [1.54, 1.807) is 18.5 Å². The third-order valence-electron chi connectivity index (χ3n) is 5.51. The molecule has 0 amide bonds. The molecule has 1 aromatic heterocycles. The van der Waals surface area contributed by atoms with Gasteiger partial charge in [0, 0.05) is 42.1 Å². The molecule has 164 valence electrons. The fourth-order valence-electron chi connectivity index (χ4n) is 3.96. The number of alkyl halides is 3. The van der Waals surface area contributed by atoms with Gasteiger partial charge in [-0.1, -0.05) is 25.4 Å². The van der Waals surface area contributed by atoms with Crippen molar-refractivity contribution < 1.29 is 13.2 Å². The highest BCUT2D eigenvalue weighted by atomic mass is 79.9. The number of hydrogen-bond donors (Lipinski definition) is 1. The third kappa shape index (κ3) is 5.86. The van der Waals surface area contributed by atoms with E-state index in [4.69, 9.17) is 11.6 Å². The van der Waals surface area contributed by atoms with Gasteiger partial charge >= 0.3 is 6.18 Å². The van der Waals surface area contributed by atoms with Crippen molar-refractivity contribution in [3.8, 4) is 0 Å². The van der Waals surface area contributed by atoms with E-state index in [0.717, 1.165) is 42.3 Å². The normalized spacial score (nSPS) is 22.2. The number of halogens is 5. The summed E-state index contributed by atoms with van der Waals surface area (Å²) in [6.07, 6.45) is 2.58. The molecule has 1 aliphatic heterocycles. The summed E-state index contributed by atoms with van der Waals surface area (Å²) in [5, 5.41) is 3.72. The quantitative estimate of drug-likeness (QED) is 0.505. The van der Waals surface area contributed by atoms with Crippen molar-refractivity contribution in [2.75, 3.05) is 4.90 Å². The van der Waals surface area contributed by atoms with Crippen molar-refractivity contribution in [2.24, 2.45) is 0 Å². The summed E-state index contributed by atoms with van der Waals surface area (Å²) in [4.78, 5) is 10.9. The van der Waals surface area contributed by atoms with Crippen LogP contribution >= 0.6 is 27.5 Å². The zero-order valence-corrected chi connectivity index (χ0v) is 19.2. The van der Waals surface area contributed by atoms with E-state index in [0.29, 0.717) is 23.6 Å². The lowest BCUT2D eigenvalue weighted by atomic mass is 9.90. The molecule has 1 N–H and O–H groups in total. The summed E-state index contributed by atoms with van der Waals surface area (Å²) in [5.74, 6) is 0.503. The zero-order chi connectivity index (χ0) is 21.9. The second-order valence-corrected chi connectivity index (χ2v) is 9.03. The lowest BCUT2D eigenvalue weighted by Crippen LogP contribution is -2.52. The Bertz CT molecular complexity index is 835. The molecular formula is C21H25BrClF3N4. The largest absolute Gasteiger partial charge is 0.416 e. The SMILES string of the molecule is CC[C@@H]1C[C@H](N(Cc2cc(Cl)cc(C(F)(F)F)c2)c2ncc(Br)cn2)C[C@H](CC)N1. The Hall–Kier alpha value is -1.38. The fourth-order valence-corrected chi connectivity index (χ4v) is 4.43.